The summed E-state index contributed by atoms with van der Waals surface area (Å²) in [5.74, 6) is 0. The second-order valence-electron chi connectivity index (χ2n) is 6.55. The number of nitrogens with two attached hydrogens (primary N) is 1. The van der Waals surface area contributed by atoms with Crippen LogP contribution in [0.15, 0.2) is 54.7 Å². The van der Waals surface area contributed by atoms with E-state index in [1.807, 2.05) is 18.2 Å². The topological polar surface area (TPSA) is 51.4 Å². The molecule has 2 aromatic carbocycles. The molecule has 0 aliphatic carbocycles. The minimum Gasteiger partial charge on any atom is -0.398 e. The molecule has 0 saturated carbocycles. The standard InChI is InChI=1S/C21H23N3O/c1-15(24-11-13-25-14-12-24)16-5-7-17(8-6-16)18-3-2-4-19-20(22)9-10-23-21(18)19/h2-10,15H,11-14H2,1H3,(H2,22,23). The Hall–Kier alpha value is -2.43. The quantitative estimate of drug-likeness (QED) is 0.790. The van der Waals surface area contributed by atoms with E-state index in [9.17, 15) is 0 Å². The van der Waals surface area contributed by atoms with Crippen molar-refractivity contribution in [3.8, 4) is 11.1 Å². The van der Waals surface area contributed by atoms with Crippen LogP contribution in [0.1, 0.15) is 18.5 Å². The van der Waals surface area contributed by atoms with E-state index in [0.29, 0.717) is 6.04 Å². The van der Waals surface area contributed by atoms with Crippen molar-refractivity contribution in [2.24, 2.45) is 0 Å². The maximum atomic E-state index is 6.09. The van der Waals surface area contributed by atoms with Crippen molar-refractivity contribution in [1.29, 1.82) is 0 Å². The third kappa shape index (κ3) is 3.11. The molecule has 2 heterocycles. The zero-order chi connectivity index (χ0) is 17.2. The summed E-state index contributed by atoms with van der Waals surface area (Å²) in [6.07, 6.45) is 1.77. The second kappa shape index (κ2) is 6.82. The number of ether oxygens (including phenoxy) is 1. The number of nitrogens with zero attached hydrogens (tertiary/aromatic N) is 2. The molecule has 0 radical (unpaired) electrons. The van der Waals surface area contributed by atoms with Crippen molar-refractivity contribution in [1.82, 2.24) is 9.88 Å². The third-order valence-electron chi connectivity index (χ3n) is 5.10. The molecule has 1 aromatic heterocycles. The first-order valence-corrected chi connectivity index (χ1v) is 8.79. The molecule has 1 atom stereocenters. The van der Waals surface area contributed by atoms with Crippen LogP contribution in [0.3, 0.4) is 0 Å². The minimum absolute atomic E-state index is 0.402. The molecule has 25 heavy (non-hydrogen) atoms. The Kier molecular flexibility index (Phi) is 4.38. The van der Waals surface area contributed by atoms with Gasteiger partial charge in [0.15, 0.2) is 0 Å². The van der Waals surface area contributed by atoms with Crippen LogP contribution >= 0.6 is 0 Å². The molecule has 4 rings (SSSR count). The summed E-state index contributed by atoms with van der Waals surface area (Å²) < 4.78 is 5.45. The molecule has 128 valence electrons. The lowest BCUT2D eigenvalue weighted by Gasteiger charge is -2.32. The fraction of sp³-hybridized carbons (Fsp3) is 0.286. The van der Waals surface area contributed by atoms with E-state index in [4.69, 9.17) is 10.5 Å². The highest BCUT2D eigenvalue weighted by molar-refractivity contribution is 5.99. The zero-order valence-corrected chi connectivity index (χ0v) is 14.5. The molecular weight excluding hydrogens is 310 g/mol. The Balaban J connectivity index is 1.65. The zero-order valence-electron chi connectivity index (χ0n) is 14.5. The second-order valence-corrected chi connectivity index (χ2v) is 6.55. The van der Waals surface area contributed by atoms with E-state index in [0.717, 1.165) is 48.5 Å². The van der Waals surface area contributed by atoms with Crippen molar-refractivity contribution in [3.05, 3.63) is 60.3 Å². The highest BCUT2D eigenvalue weighted by Gasteiger charge is 2.18. The fourth-order valence-corrected chi connectivity index (χ4v) is 3.55. The van der Waals surface area contributed by atoms with Gasteiger partial charge in [0.1, 0.15) is 0 Å². The molecule has 4 heteroatoms. The van der Waals surface area contributed by atoms with Gasteiger partial charge in [-0.3, -0.25) is 9.88 Å². The number of fused-ring (bicyclic) bond motifs is 1. The van der Waals surface area contributed by atoms with E-state index in [-0.39, 0.29) is 0 Å². The molecule has 0 amide bonds. The van der Waals surface area contributed by atoms with Crippen molar-refractivity contribution >= 4 is 16.6 Å². The van der Waals surface area contributed by atoms with Crippen molar-refractivity contribution in [3.63, 3.8) is 0 Å². The predicted octanol–water partition coefficient (Wildman–Crippen LogP) is 3.88. The number of anilines is 1. The number of hydrogen-bond acceptors (Lipinski definition) is 4. The van der Waals surface area contributed by atoms with Gasteiger partial charge in [-0.15, -0.1) is 0 Å². The Bertz CT molecular complexity index is 870. The van der Waals surface area contributed by atoms with E-state index < -0.39 is 0 Å². The van der Waals surface area contributed by atoms with Gasteiger partial charge in [-0.2, -0.15) is 0 Å². The van der Waals surface area contributed by atoms with Crippen LogP contribution in [0.5, 0.6) is 0 Å². The van der Waals surface area contributed by atoms with Gasteiger partial charge in [-0.25, -0.2) is 0 Å². The monoisotopic (exact) mass is 333 g/mol. The maximum Gasteiger partial charge on any atom is 0.0800 e. The summed E-state index contributed by atoms with van der Waals surface area (Å²) in [5, 5.41) is 1.01. The number of morpholine rings is 1. The van der Waals surface area contributed by atoms with Gasteiger partial charge in [0, 0.05) is 42.0 Å². The highest BCUT2D eigenvalue weighted by Crippen LogP contribution is 2.31. The van der Waals surface area contributed by atoms with Crippen LogP contribution in [0.2, 0.25) is 0 Å². The molecule has 2 N–H and O–H groups in total. The predicted molar refractivity (Wildman–Crippen MR) is 102 cm³/mol. The number of para-hydroxylation sites is 1. The average Bonchev–Trinajstić information content (AvgIpc) is 2.68. The normalized spacial score (nSPS) is 16.8. The van der Waals surface area contributed by atoms with Gasteiger partial charge in [-0.1, -0.05) is 42.5 Å². The summed E-state index contributed by atoms with van der Waals surface area (Å²) >= 11 is 0. The van der Waals surface area contributed by atoms with Crippen LogP contribution in [0.4, 0.5) is 5.69 Å². The van der Waals surface area contributed by atoms with Crippen LogP contribution in [0.25, 0.3) is 22.0 Å². The smallest absolute Gasteiger partial charge is 0.0800 e. The summed E-state index contributed by atoms with van der Waals surface area (Å²) in [7, 11) is 0. The van der Waals surface area contributed by atoms with Crippen molar-refractivity contribution < 1.29 is 4.74 Å². The number of aromatic nitrogens is 1. The molecule has 3 aromatic rings. The van der Waals surface area contributed by atoms with Gasteiger partial charge < -0.3 is 10.5 Å². The highest BCUT2D eigenvalue weighted by atomic mass is 16.5. The Morgan fingerprint density at radius 2 is 1.80 bits per heavy atom. The molecule has 4 nitrogen and oxygen atoms in total. The maximum absolute atomic E-state index is 6.09. The summed E-state index contributed by atoms with van der Waals surface area (Å²) in [4.78, 5) is 7.02. The largest absolute Gasteiger partial charge is 0.398 e. The van der Waals surface area contributed by atoms with Gasteiger partial charge in [0.2, 0.25) is 0 Å². The van der Waals surface area contributed by atoms with Gasteiger partial charge in [0.05, 0.1) is 18.7 Å². The first-order chi connectivity index (χ1) is 12.2. The SMILES string of the molecule is CC(c1ccc(-c2cccc3c(N)ccnc23)cc1)N1CCOCC1. The Labute approximate surface area is 148 Å². The molecular formula is C21H23N3O. The number of pyridine rings is 1. The molecule has 0 spiro atoms. The Morgan fingerprint density at radius 1 is 1.04 bits per heavy atom. The van der Waals surface area contributed by atoms with Crippen LogP contribution < -0.4 is 5.73 Å². The summed E-state index contributed by atoms with van der Waals surface area (Å²) in [6.45, 7) is 5.91. The average molecular weight is 333 g/mol. The number of hydrogen-bond donors (Lipinski definition) is 1. The lowest BCUT2D eigenvalue weighted by Crippen LogP contribution is -2.37. The first-order valence-electron chi connectivity index (χ1n) is 8.79. The molecule has 1 aliphatic rings. The molecule has 1 unspecified atom stereocenters. The molecule has 1 saturated heterocycles. The van der Waals surface area contributed by atoms with Crippen LogP contribution in [-0.2, 0) is 4.74 Å². The van der Waals surface area contributed by atoms with Gasteiger partial charge in [0.25, 0.3) is 0 Å². The number of benzene rings is 2. The van der Waals surface area contributed by atoms with E-state index in [1.54, 1.807) is 6.20 Å². The van der Waals surface area contributed by atoms with Crippen molar-refractivity contribution in [2.45, 2.75) is 13.0 Å². The van der Waals surface area contributed by atoms with Gasteiger partial charge >= 0.3 is 0 Å². The summed E-state index contributed by atoms with van der Waals surface area (Å²) in [5.41, 5.74) is 11.4. The number of nitrogen functional groups attached to an aromatic ring is 1. The number of rotatable bonds is 3. The van der Waals surface area contributed by atoms with E-state index >= 15 is 0 Å². The molecule has 1 aliphatic heterocycles. The third-order valence-corrected chi connectivity index (χ3v) is 5.10. The lowest BCUT2D eigenvalue weighted by molar-refractivity contribution is 0.0198. The van der Waals surface area contributed by atoms with Gasteiger partial charge in [-0.05, 0) is 24.1 Å². The molecule has 0 bridgehead atoms. The Morgan fingerprint density at radius 3 is 2.56 bits per heavy atom. The minimum atomic E-state index is 0.402. The molecule has 1 fully saturated rings. The van der Waals surface area contributed by atoms with Crippen LogP contribution in [-0.4, -0.2) is 36.2 Å². The lowest BCUT2D eigenvalue weighted by atomic mass is 9.98. The van der Waals surface area contributed by atoms with E-state index in [2.05, 4.69) is 47.1 Å². The first kappa shape index (κ1) is 16.1. The summed E-state index contributed by atoms with van der Waals surface area (Å²) in [6, 6.07) is 17.2. The van der Waals surface area contributed by atoms with E-state index in [1.165, 1.54) is 11.1 Å². The fourth-order valence-electron chi connectivity index (χ4n) is 3.55. The van der Waals surface area contributed by atoms with Crippen LogP contribution in [0, 0.1) is 0 Å². The van der Waals surface area contributed by atoms with Crippen molar-refractivity contribution in [2.75, 3.05) is 32.0 Å².